The average molecular weight is 211 g/mol. The van der Waals surface area contributed by atoms with Crippen LogP contribution in [0.25, 0.3) is 0 Å². The number of ether oxygens (including phenoxy) is 1. The van der Waals surface area contributed by atoms with E-state index >= 15 is 0 Å². The Balaban J connectivity index is 3.22. The van der Waals surface area contributed by atoms with Gasteiger partial charge in [-0.05, 0) is 12.1 Å². The number of nitro benzene ring substituents is 1. The highest BCUT2D eigenvalue weighted by molar-refractivity contribution is 5.47. The number of benzene rings is 1. The van der Waals surface area contributed by atoms with Crippen LogP contribution in [0.1, 0.15) is 11.6 Å². The highest BCUT2D eigenvalue weighted by Gasteiger charge is 2.19. The zero-order valence-electron chi connectivity index (χ0n) is 8.34. The molecule has 0 aromatic heterocycles. The molecule has 0 heterocycles. The minimum absolute atomic E-state index is 0.0336. The molecule has 0 amide bonds. The number of nitrogens with zero attached hydrogens (tertiary/aromatic N) is 1. The third-order valence-corrected chi connectivity index (χ3v) is 2.08. The van der Waals surface area contributed by atoms with Gasteiger partial charge in [0.25, 0.3) is 5.69 Å². The van der Waals surface area contributed by atoms with Gasteiger partial charge in [0.1, 0.15) is 5.75 Å². The van der Waals surface area contributed by atoms with Crippen molar-refractivity contribution in [2.24, 2.45) is 11.5 Å². The molecule has 0 saturated carbocycles. The van der Waals surface area contributed by atoms with Crippen LogP contribution in [0.5, 0.6) is 5.75 Å². The molecule has 0 radical (unpaired) electrons. The van der Waals surface area contributed by atoms with E-state index in [9.17, 15) is 10.1 Å². The van der Waals surface area contributed by atoms with Gasteiger partial charge < -0.3 is 16.2 Å². The van der Waals surface area contributed by atoms with Crippen LogP contribution in [0, 0.1) is 10.1 Å². The summed E-state index contributed by atoms with van der Waals surface area (Å²) >= 11 is 0. The lowest BCUT2D eigenvalue weighted by molar-refractivity contribution is -0.385. The lowest BCUT2D eigenvalue weighted by atomic mass is 10.1. The summed E-state index contributed by atoms with van der Waals surface area (Å²) in [6, 6.07) is 3.87. The van der Waals surface area contributed by atoms with Crippen molar-refractivity contribution in [1.29, 1.82) is 0 Å². The summed E-state index contributed by atoms with van der Waals surface area (Å²) in [4.78, 5) is 10.2. The summed E-state index contributed by atoms with van der Waals surface area (Å²) in [5.41, 5.74) is 11.4. The van der Waals surface area contributed by atoms with Gasteiger partial charge >= 0.3 is 0 Å². The van der Waals surface area contributed by atoms with Gasteiger partial charge in [-0.25, -0.2) is 0 Å². The summed E-state index contributed by atoms with van der Waals surface area (Å²) in [6.45, 7) is 0.147. The maximum absolute atomic E-state index is 10.7. The molecular weight excluding hydrogens is 198 g/mol. The summed E-state index contributed by atoms with van der Waals surface area (Å²) in [7, 11) is 1.49. The number of nitro groups is 1. The maximum Gasteiger partial charge on any atom is 0.274 e. The van der Waals surface area contributed by atoms with Gasteiger partial charge in [0, 0.05) is 18.7 Å². The molecule has 0 aliphatic carbocycles. The summed E-state index contributed by atoms with van der Waals surface area (Å²) in [5, 5.41) is 10.7. The summed E-state index contributed by atoms with van der Waals surface area (Å²) in [5.74, 6) is 0.527. The zero-order chi connectivity index (χ0) is 11.4. The molecule has 82 valence electrons. The minimum Gasteiger partial charge on any atom is -0.497 e. The first kappa shape index (κ1) is 11.4. The largest absolute Gasteiger partial charge is 0.497 e. The van der Waals surface area contributed by atoms with E-state index in [1.807, 2.05) is 0 Å². The van der Waals surface area contributed by atoms with Crippen molar-refractivity contribution in [2.45, 2.75) is 6.04 Å². The lowest BCUT2D eigenvalue weighted by Gasteiger charge is -2.10. The van der Waals surface area contributed by atoms with Crippen molar-refractivity contribution in [3.05, 3.63) is 33.9 Å². The van der Waals surface area contributed by atoms with Crippen LogP contribution >= 0.6 is 0 Å². The molecule has 1 aromatic carbocycles. The van der Waals surface area contributed by atoms with Gasteiger partial charge in [-0.15, -0.1) is 0 Å². The van der Waals surface area contributed by atoms with Crippen LogP contribution in [-0.2, 0) is 0 Å². The molecule has 1 rings (SSSR count). The Labute approximate surface area is 87.0 Å². The van der Waals surface area contributed by atoms with Crippen molar-refractivity contribution < 1.29 is 9.66 Å². The third-order valence-electron chi connectivity index (χ3n) is 2.08. The summed E-state index contributed by atoms with van der Waals surface area (Å²) in [6.07, 6.45) is 0. The van der Waals surface area contributed by atoms with Gasteiger partial charge in [0.05, 0.1) is 17.6 Å². The molecule has 1 aromatic rings. The summed E-state index contributed by atoms with van der Waals surface area (Å²) < 4.78 is 4.97. The van der Waals surface area contributed by atoms with Crippen LogP contribution in [0.15, 0.2) is 18.2 Å². The number of hydrogen-bond donors (Lipinski definition) is 2. The van der Waals surface area contributed by atoms with E-state index in [0.717, 1.165) is 0 Å². The van der Waals surface area contributed by atoms with Crippen LogP contribution < -0.4 is 16.2 Å². The fourth-order valence-electron chi connectivity index (χ4n) is 1.25. The molecule has 6 heteroatoms. The standard InChI is InChI=1S/C9H13N3O3/c1-15-6-2-3-9(12(13)14)7(4-6)8(11)5-10/h2-4,8H,5,10-11H2,1H3. The van der Waals surface area contributed by atoms with E-state index in [4.69, 9.17) is 16.2 Å². The molecule has 0 spiro atoms. The van der Waals surface area contributed by atoms with E-state index in [0.29, 0.717) is 11.3 Å². The molecule has 0 bridgehead atoms. The maximum atomic E-state index is 10.7. The van der Waals surface area contributed by atoms with Crippen LogP contribution in [0.3, 0.4) is 0 Å². The fraction of sp³-hybridized carbons (Fsp3) is 0.333. The molecule has 4 N–H and O–H groups in total. The number of methoxy groups -OCH3 is 1. The van der Waals surface area contributed by atoms with E-state index in [2.05, 4.69) is 0 Å². The molecule has 0 saturated heterocycles. The van der Waals surface area contributed by atoms with Crippen molar-refractivity contribution in [3.63, 3.8) is 0 Å². The highest BCUT2D eigenvalue weighted by atomic mass is 16.6. The quantitative estimate of drug-likeness (QED) is 0.559. The SMILES string of the molecule is COc1ccc([N+](=O)[O-])c(C(N)CN)c1. The molecule has 15 heavy (non-hydrogen) atoms. The Bertz CT molecular complexity index is 368. The smallest absolute Gasteiger partial charge is 0.274 e. The number of hydrogen-bond acceptors (Lipinski definition) is 5. The first-order valence-electron chi connectivity index (χ1n) is 4.38. The van der Waals surface area contributed by atoms with E-state index in [1.54, 1.807) is 0 Å². The Kier molecular flexibility index (Phi) is 3.59. The highest BCUT2D eigenvalue weighted by Crippen LogP contribution is 2.27. The Morgan fingerprint density at radius 3 is 2.73 bits per heavy atom. The predicted molar refractivity (Wildman–Crippen MR) is 55.6 cm³/mol. The van der Waals surface area contributed by atoms with Crippen LogP contribution in [-0.4, -0.2) is 18.6 Å². The minimum atomic E-state index is -0.555. The van der Waals surface area contributed by atoms with Crippen molar-refractivity contribution in [2.75, 3.05) is 13.7 Å². The second-order valence-corrected chi connectivity index (χ2v) is 3.02. The second-order valence-electron chi connectivity index (χ2n) is 3.02. The second kappa shape index (κ2) is 4.72. The van der Waals surface area contributed by atoms with E-state index in [-0.39, 0.29) is 12.2 Å². The first-order valence-corrected chi connectivity index (χ1v) is 4.38. The fourth-order valence-corrected chi connectivity index (χ4v) is 1.25. The number of nitrogens with two attached hydrogens (primary N) is 2. The van der Waals surface area contributed by atoms with E-state index < -0.39 is 11.0 Å². The molecule has 6 nitrogen and oxygen atoms in total. The number of rotatable bonds is 4. The Morgan fingerprint density at radius 1 is 1.60 bits per heavy atom. The third kappa shape index (κ3) is 2.42. The van der Waals surface area contributed by atoms with Crippen molar-refractivity contribution >= 4 is 5.69 Å². The first-order chi connectivity index (χ1) is 7.10. The molecular formula is C9H13N3O3. The molecule has 0 aliphatic rings. The monoisotopic (exact) mass is 211 g/mol. The Hall–Kier alpha value is -1.66. The lowest BCUT2D eigenvalue weighted by Crippen LogP contribution is -2.21. The normalized spacial score (nSPS) is 12.2. The Morgan fingerprint density at radius 2 is 2.27 bits per heavy atom. The van der Waals surface area contributed by atoms with Gasteiger partial charge in [-0.1, -0.05) is 0 Å². The molecule has 1 atom stereocenters. The van der Waals surface area contributed by atoms with Crippen LogP contribution in [0.2, 0.25) is 0 Å². The average Bonchev–Trinajstić information content (AvgIpc) is 2.26. The molecule has 1 unspecified atom stereocenters. The van der Waals surface area contributed by atoms with Crippen LogP contribution in [0.4, 0.5) is 5.69 Å². The molecule has 0 aliphatic heterocycles. The topological polar surface area (TPSA) is 104 Å². The predicted octanol–water partition coefficient (Wildman–Crippen LogP) is 0.562. The van der Waals surface area contributed by atoms with Crippen molar-refractivity contribution in [1.82, 2.24) is 0 Å². The zero-order valence-corrected chi connectivity index (χ0v) is 8.34. The van der Waals surface area contributed by atoms with E-state index in [1.165, 1.54) is 25.3 Å². The van der Waals surface area contributed by atoms with Crippen molar-refractivity contribution in [3.8, 4) is 5.75 Å². The molecule has 0 fully saturated rings. The van der Waals surface area contributed by atoms with Gasteiger partial charge in [-0.2, -0.15) is 0 Å². The van der Waals surface area contributed by atoms with Gasteiger partial charge in [0.2, 0.25) is 0 Å². The van der Waals surface area contributed by atoms with Gasteiger partial charge in [0.15, 0.2) is 0 Å². The van der Waals surface area contributed by atoms with Gasteiger partial charge in [-0.3, -0.25) is 10.1 Å².